The van der Waals surface area contributed by atoms with Gasteiger partial charge in [0.1, 0.15) is 11.0 Å². The molecule has 0 saturated carbocycles. The number of nitrogens with zero attached hydrogens (tertiary/aromatic N) is 3. The van der Waals surface area contributed by atoms with Gasteiger partial charge in [-0.1, -0.05) is 38.3 Å². The highest BCUT2D eigenvalue weighted by Crippen LogP contribution is 2.08. The van der Waals surface area contributed by atoms with Crippen molar-refractivity contribution in [2.75, 3.05) is 12.0 Å². The van der Waals surface area contributed by atoms with E-state index in [-0.39, 0.29) is 0 Å². The number of hydrogen-bond acceptors (Lipinski definition) is 3. The van der Waals surface area contributed by atoms with Crippen molar-refractivity contribution in [2.45, 2.75) is 32.6 Å². The number of rotatable bonds is 6. The molecule has 0 aliphatic heterocycles. The lowest BCUT2D eigenvalue weighted by molar-refractivity contribution is 0.637. The van der Waals surface area contributed by atoms with E-state index in [1.807, 2.05) is 24.3 Å². The first-order valence-electron chi connectivity index (χ1n) is 5.96. The Morgan fingerprint density at radius 2 is 2.06 bits per heavy atom. The fraction of sp³-hybridized carbons (Fsp3) is 0.500. The van der Waals surface area contributed by atoms with Crippen LogP contribution < -0.4 is 5.43 Å². The summed E-state index contributed by atoms with van der Waals surface area (Å²) in [5, 5.41) is 8.15. The maximum Gasteiger partial charge on any atom is 0.115 e. The molecule has 0 bridgehead atoms. The molecule has 0 radical (unpaired) electrons. The van der Waals surface area contributed by atoms with Crippen LogP contribution in [0.3, 0.4) is 0 Å². The summed E-state index contributed by atoms with van der Waals surface area (Å²) in [7, 11) is 0. The van der Waals surface area contributed by atoms with E-state index in [1.165, 1.54) is 25.7 Å². The summed E-state index contributed by atoms with van der Waals surface area (Å²) in [6.45, 7) is 3.17. The van der Waals surface area contributed by atoms with Gasteiger partial charge in [-0.25, -0.2) is 0 Å². The van der Waals surface area contributed by atoms with Crippen molar-refractivity contribution in [3.8, 4) is 0 Å². The third-order valence-corrected chi connectivity index (χ3v) is 2.64. The molecule has 0 spiro atoms. The number of fused-ring (bicyclic) bond motifs is 1. The van der Waals surface area contributed by atoms with Crippen LogP contribution in [-0.2, 0) is 0 Å². The van der Waals surface area contributed by atoms with Crippen LogP contribution in [0, 0.1) is 0 Å². The summed E-state index contributed by atoms with van der Waals surface area (Å²) in [5.41, 5.74) is 5.24. The van der Waals surface area contributed by atoms with Crippen LogP contribution in [0.25, 0.3) is 11.0 Å². The molecule has 0 unspecified atom stereocenters. The van der Waals surface area contributed by atoms with Crippen LogP contribution in [0.1, 0.15) is 32.6 Å². The van der Waals surface area contributed by atoms with Crippen molar-refractivity contribution in [1.82, 2.24) is 15.1 Å². The zero-order chi connectivity index (χ0) is 11.2. The summed E-state index contributed by atoms with van der Waals surface area (Å²) in [6, 6.07) is 7.97. The molecule has 4 heteroatoms. The van der Waals surface area contributed by atoms with E-state index in [2.05, 4.69) is 22.7 Å². The molecule has 1 heterocycles. The number of para-hydroxylation sites is 1. The van der Waals surface area contributed by atoms with Crippen LogP contribution in [0.5, 0.6) is 0 Å². The lowest BCUT2D eigenvalue weighted by atomic mass is 10.2. The van der Waals surface area contributed by atoms with E-state index in [0.29, 0.717) is 0 Å². The highest BCUT2D eigenvalue weighted by molar-refractivity contribution is 5.73. The molecular weight excluding hydrogens is 200 g/mol. The number of benzene rings is 1. The molecule has 86 valence electrons. The van der Waals surface area contributed by atoms with Crippen molar-refractivity contribution < 1.29 is 0 Å². The van der Waals surface area contributed by atoms with Gasteiger partial charge in [0.05, 0.1) is 0 Å². The maximum absolute atomic E-state index is 4.08. The summed E-state index contributed by atoms with van der Waals surface area (Å²) >= 11 is 0. The standard InChI is InChI=1S/C12H18N4/c1-2-3-4-7-10-13-16-12-9-6-5-8-11(12)14-15-16/h5-6,8-9,13H,2-4,7,10H2,1H3. The van der Waals surface area contributed by atoms with E-state index in [1.54, 1.807) is 4.79 Å². The van der Waals surface area contributed by atoms with Crippen molar-refractivity contribution in [3.05, 3.63) is 24.3 Å². The second-order valence-electron chi connectivity index (χ2n) is 3.96. The second-order valence-corrected chi connectivity index (χ2v) is 3.96. The number of nitrogens with one attached hydrogen (secondary N) is 1. The van der Waals surface area contributed by atoms with Gasteiger partial charge in [-0.05, 0) is 23.8 Å². The lowest BCUT2D eigenvalue weighted by Gasteiger charge is -2.05. The van der Waals surface area contributed by atoms with Crippen LogP contribution in [0.15, 0.2) is 24.3 Å². The molecule has 4 nitrogen and oxygen atoms in total. The van der Waals surface area contributed by atoms with E-state index in [4.69, 9.17) is 0 Å². The first kappa shape index (κ1) is 10.9. The molecule has 1 aromatic heterocycles. The minimum Gasteiger partial charge on any atom is -0.308 e. The van der Waals surface area contributed by atoms with Gasteiger partial charge in [0, 0.05) is 6.54 Å². The zero-order valence-corrected chi connectivity index (χ0v) is 9.69. The molecule has 1 aromatic carbocycles. The van der Waals surface area contributed by atoms with Gasteiger partial charge in [0.2, 0.25) is 0 Å². The highest BCUT2D eigenvalue weighted by atomic mass is 15.6. The average Bonchev–Trinajstić information content (AvgIpc) is 2.73. The summed E-state index contributed by atoms with van der Waals surface area (Å²) in [5.74, 6) is 0. The maximum atomic E-state index is 4.08. The number of hydrogen-bond donors (Lipinski definition) is 1. The molecule has 0 fully saturated rings. The topological polar surface area (TPSA) is 42.7 Å². The Kier molecular flexibility index (Phi) is 3.75. The van der Waals surface area contributed by atoms with Crippen molar-refractivity contribution in [3.63, 3.8) is 0 Å². The van der Waals surface area contributed by atoms with Crippen molar-refractivity contribution in [1.29, 1.82) is 0 Å². The minimum atomic E-state index is 0.934. The molecule has 1 N–H and O–H groups in total. The smallest absolute Gasteiger partial charge is 0.115 e. The van der Waals surface area contributed by atoms with Crippen LogP contribution >= 0.6 is 0 Å². The summed E-state index contributed by atoms with van der Waals surface area (Å²) in [6.07, 6.45) is 5.03. The first-order valence-corrected chi connectivity index (χ1v) is 5.96. The van der Waals surface area contributed by atoms with Gasteiger partial charge in [-0.3, -0.25) is 0 Å². The van der Waals surface area contributed by atoms with Gasteiger partial charge >= 0.3 is 0 Å². The minimum absolute atomic E-state index is 0.934. The molecule has 0 aliphatic rings. The van der Waals surface area contributed by atoms with E-state index in [0.717, 1.165) is 17.6 Å². The molecule has 0 atom stereocenters. The number of unbranched alkanes of at least 4 members (excludes halogenated alkanes) is 3. The first-order chi connectivity index (χ1) is 7.92. The predicted octanol–water partition coefficient (Wildman–Crippen LogP) is 2.56. The van der Waals surface area contributed by atoms with Gasteiger partial charge in [0.25, 0.3) is 0 Å². The van der Waals surface area contributed by atoms with Crippen LogP contribution in [0.4, 0.5) is 0 Å². The van der Waals surface area contributed by atoms with E-state index < -0.39 is 0 Å². The Labute approximate surface area is 95.6 Å². The molecule has 16 heavy (non-hydrogen) atoms. The lowest BCUT2D eigenvalue weighted by Crippen LogP contribution is -2.17. The molecule has 0 amide bonds. The fourth-order valence-corrected chi connectivity index (χ4v) is 1.72. The predicted molar refractivity (Wildman–Crippen MR) is 65.9 cm³/mol. The molecule has 0 saturated heterocycles. The Balaban J connectivity index is 1.89. The van der Waals surface area contributed by atoms with Crippen molar-refractivity contribution in [2.24, 2.45) is 0 Å². The highest BCUT2D eigenvalue weighted by Gasteiger charge is 2.01. The Morgan fingerprint density at radius 1 is 1.19 bits per heavy atom. The monoisotopic (exact) mass is 218 g/mol. The normalized spacial score (nSPS) is 10.8. The Bertz CT molecular complexity index is 435. The Hall–Kier alpha value is -1.58. The molecule has 2 aromatic rings. The van der Waals surface area contributed by atoms with E-state index in [9.17, 15) is 0 Å². The Morgan fingerprint density at radius 3 is 2.94 bits per heavy atom. The summed E-state index contributed by atoms with van der Waals surface area (Å²) < 4.78 is 0. The van der Waals surface area contributed by atoms with Gasteiger partial charge in [-0.15, -0.1) is 5.10 Å². The average molecular weight is 218 g/mol. The van der Waals surface area contributed by atoms with E-state index >= 15 is 0 Å². The van der Waals surface area contributed by atoms with Gasteiger partial charge in [0.15, 0.2) is 0 Å². The van der Waals surface area contributed by atoms with Gasteiger partial charge < -0.3 is 5.43 Å². The summed E-state index contributed by atoms with van der Waals surface area (Å²) in [4.78, 5) is 1.77. The van der Waals surface area contributed by atoms with Gasteiger partial charge in [-0.2, -0.15) is 4.79 Å². The number of aromatic nitrogens is 3. The zero-order valence-electron chi connectivity index (χ0n) is 9.69. The molecule has 0 aliphatic carbocycles. The van der Waals surface area contributed by atoms with Crippen LogP contribution in [0.2, 0.25) is 0 Å². The van der Waals surface area contributed by atoms with Crippen LogP contribution in [-0.4, -0.2) is 21.6 Å². The molecule has 2 rings (SSSR count). The third kappa shape index (κ3) is 2.51. The van der Waals surface area contributed by atoms with Crippen molar-refractivity contribution >= 4 is 11.0 Å². The second kappa shape index (κ2) is 5.49. The fourth-order valence-electron chi connectivity index (χ4n) is 1.72. The third-order valence-electron chi connectivity index (χ3n) is 2.64. The molecular formula is C12H18N4. The SMILES string of the molecule is CCCCCCNn1nnc2ccccc21. The quantitative estimate of drug-likeness (QED) is 0.758. The largest absolute Gasteiger partial charge is 0.308 e.